The molecule has 0 aliphatic rings. The Balaban J connectivity index is 2.51. The van der Waals surface area contributed by atoms with E-state index < -0.39 is 6.29 Å². The second-order valence-electron chi connectivity index (χ2n) is 4.03. The summed E-state index contributed by atoms with van der Waals surface area (Å²) in [6.45, 7) is 5.00. The molecule has 20 heavy (non-hydrogen) atoms. The average molecular weight is 313 g/mol. The van der Waals surface area contributed by atoms with Gasteiger partial charge in [-0.2, -0.15) is 0 Å². The Bertz CT molecular complexity index is 589. The molecule has 2 aromatic rings. The molecule has 0 fully saturated rings. The summed E-state index contributed by atoms with van der Waals surface area (Å²) in [7, 11) is 0. The molecular formula is C14H17ClN2O2S. The number of aromatic nitrogens is 2. The smallest absolute Gasteiger partial charge is 0.201 e. The van der Waals surface area contributed by atoms with Crippen LogP contribution in [0.4, 0.5) is 0 Å². The molecule has 0 unspecified atom stereocenters. The lowest BCUT2D eigenvalue weighted by Gasteiger charge is -2.17. The van der Waals surface area contributed by atoms with E-state index in [4.69, 9.17) is 21.1 Å². The molecule has 2 heterocycles. The summed E-state index contributed by atoms with van der Waals surface area (Å²) in [4.78, 5) is 8.75. The predicted octanol–water partition coefficient (Wildman–Crippen LogP) is 4.08. The maximum atomic E-state index is 5.95. The van der Waals surface area contributed by atoms with E-state index in [0.717, 1.165) is 21.5 Å². The van der Waals surface area contributed by atoms with Gasteiger partial charge in [-0.1, -0.05) is 11.6 Å². The molecule has 0 saturated carbocycles. The third-order valence-corrected chi connectivity index (χ3v) is 3.64. The van der Waals surface area contributed by atoms with Crippen LogP contribution in [0, 0.1) is 0 Å². The summed E-state index contributed by atoms with van der Waals surface area (Å²) < 4.78 is 11.2. The Kier molecular flexibility index (Phi) is 5.60. The van der Waals surface area contributed by atoms with Crippen molar-refractivity contribution in [2.24, 2.45) is 0 Å². The van der Waals surface area contributed by atoms with Gasteiger partial charge in [0.15, 0.2) is 0 Å². The molecule has 0 atom stereocenters. The quantitative estimate of drug-likeness (QED) is 0.457. The van der Waals surface area contributed by atoms with E-state index >= 15 is 0 Å². The minimum Gasteiger partial charge on any atom is -0.347 e. The standard InChI is InChI=1S/C14H17ClN2O2S/c1-4-18-14(19-5-2)11-6-9-8-16-12(15)7-10(9)13(17-11)20-3/h6-8,14H,4-5H2,1-3H3. The van der Waals surface area contributed by atoms with Gasteiger partial charge in [0.2, 0.25) is 6.29 Å². The van der Waals surface area contributed by atoms with Crippen molar-refractivity contribution in [1.29, 1.82) is 0 Å². The number of nitrogens with zero attached hydrogens (tertiary/aromatic N) is 2. The van der Waals surface area contributed by atoms with Crippen molar-refractivity contribution in [3.05, 3.63) is 29.2 Å². The molecule has 0 amide bonds. The minimum absolute atomic E-state index is 0.448. The Morgan fingerprint density at radius 3 is 2.55 bits per heavy atom. The first-order valence-electron chi connectivity index (χ1n) is 6.43. The fourth-order valence-electron chi connectivity index (χ4n) is 1.91. The number of ether oxygens (including phenoxy) is 2. The Hall–Kier alpha value is -0.880. The zero-order valence-corrected chi connectivity index (χ0v) is 13.3. The maximum Gasteiger partial charge on any atom is 0.201 e. The van der Waals surface area contributed by atoms with Gasteiger partial charge in [-0.3, -0.25) is 0 Å². The van der Waals surface area contributed by atoms with Gasteiger partial charge < -0.3 is 9.47 Å². The number of thioether (sulfide) groups is 1. The van der Waals surface area contributed by atoms with Crippen molar-refractivity contribution < 1.29 is 9.47 Å². The number of hydrogen-bond donors (Lipinski definition) is 0. The molecule has 0 aliphatic heterocycles. The van der Waals surface area contributed by atoms with Gasteiger partial charge in [0, 0.05) is 30.2 Å². The second-order valence-corrected chi connectivity index (χ2v) is 5.21. The van der Waals surface area contributed by atoms with Gasteiger partial charge in [0.1, 0.15) is 10.2 Å². The van der Waals surface area contributed by atoms with E-state index in [0.29, 0.717) is 18.4 Å². The van der Waals surface area contributed by atoms with Crippen molar-refractivity contribution in [2.75, 3.05) is 19.5 Å². The highest BCUT2D eigenvalue weighted by Crippen LogP contribution is 2.29. The van der Waals surface area contributed by atoms with E-state index in [1.54, 1.807) is 18.0 Å². The highest BCUT2D eigenvalue weighted by atomic mass is 35.5. The van der Waals surface area contributed by atoms with E-state index in [1.165, 1.54) is 0 Å². The van der Waals surface area contributed by atoms with Crippen molar-refractivity contribution >= 4 is 34.1 Å². The number of pyridine rings is 2. The molecule has 0 radical (unpaired) electrons. The van der Waals surface area contributed by atoms with Crippen LogP contribution >= 0.6 is 23.4 Å². The average Bonchev–Trinajstić information content (AvgIpc) is 2.46. The first-order valence-corrected chi connectivity index (χ1v) is 8.03. The van der Waals surface area contributed by atoms with E-state index in [-0.39, 0.29) is 0 Å². The van der Waals surface area contributed by atoms with Crippen LogP contribution in [-0.2, 0) is 9.47 Å². The Labute approximate surface area is 127 Å². The summed E-state index contributed by atoms with van der Waals surface area (Å²) in [5.41, 5.74) is 0.759. The van der Waals surface area contributed by atoms with Crippen molar-refractivity contribution in [1.82, 2.24) is 9.97 Å². The highest BCUT2D eigenvalue weighted by Gasteiger charge is 2.16. The van der Waals surface area contributed by atoms with Crippen molar-refractivity contribution in [3.63, 3.8) is 0 Å². The molecule has 4 nitrogen and oxygen atoms in total. The minimum atomic E-state index is -0.448. The first-order chi connectivity index (χ1) is 9.69. The Morgan fingerprint density at radius 2 is 1.95 bits per heavy atom. The maximum absolute atomic E-state index is 5.95. The largest absolute Gasteiger partial charge is 0.347 e. The van der Waals surface area contributed by atoms with Crippen molar-refractivity contribution in [3.8, 4) is 0 Å². The first kappa shape index (κ1) is 15.5. The van der Waals surface area contributed by atoms with Gasteiger partial charge in [-0.25, -0.2) is 9.97 Å². The Morgan fingerprint density at radius 1 is 1.25 bits per heavy atom. The zero-order valence-electron chi connectivity index (χ0n) is 11.7. The summed E-state index contributed by atoms with van der Waals surface area (Å²) in [6, 6.07) is 3.77. The molecule has 108 valence electrons. The zero-order chi connectivity index (χ0) is 14.5. The van der Waals surface area contributed by atoms with Crippen LogP contribution < -0.4 is 0 Å². The third-order valence-electron chi connectivity index (χ3n) is 2.74. The van der Waals surface area contributed by atoms with Crippen LogP contribution in [0.2, 0.25) is 5.15 Å². The number of rotatable bonds is 6. The normalized spacial score (nSPS) is 11.4. The SMILES string of the molecule is CCOC(OCC)c1cc2cnc(Cl)cc2c(SC)n1. The van der Waals surface area contributed by atoms with E-state index in [9.17, 15) is 0 Å². The lowest BCUT2D eigenvalue weighted by Crippen LogP contribution is -2.11. The van der Waals surface area contributed by atoms with Gasteiger partial charge >= 0.3 is 0 Å². The van der Waals surface area contributed by atoms with Gasteiger partial charge in [-0.15, -0.1) is 11.8 Å². The molecule has 0 aliphatic carbocycles. The fraction of sp³-hybridized carbons (Fsp3) is 0.429. The monoisotopic (exact) mass is 312 g/mol. The molecule has 0 aromatic carbocycles. The third kappa shape index (κ3) is 3.41. The van der Waals surface area contributed by atoms with Gasteiger partial charge in [0.05, 0.1) is 5.69 Å². The molecule has 0 bridgehead atoms. The molecular weight excluding hydrogens is 296 g/mol. The second kappa shape index (κ2) is 7.22. The van der Waals surface area contributed by atoms with Crippen molar-refractivity contribution in [2.45, 2.75) is 25.2 Å². The van der Waals surface area contributed by atoms with Gasteiger partial charge in [-0.05, 0) is 32.2 Å². The van der Waals surface area contributed by atoms with Crippen LogP contribution in [0.5, 0.6) is 0 Å². The summed E-state index contributed by atoms with van der Waals surface area (Å²) in [5, 5.41) is 3.33. The molecule has 0 N–H and O–H groups in total. The van der Waals surface area contributed by atoms with Crippen LogP contribution in [0.3, 0.4) is 0 Å². The molecule has 2 rings (SSSR count). The summed E-state index contributed by atoms with van der Waals surface area (Å²) in [6.07, 6.45) is 3.28. The van der Waals surface area contributed by atoms with Crippen LogP contribution in [0.15, 0.2) is 23.4 Å². The lowest BCUT2D eigenvalue weighted by molar-refractivity contribution is -0.142. The molecule has 0 spiro atoms. The van der Waals surface area contributed by atoms with Gasteiger partial charge in [0.25, 0.3) is 0 Å². The fourth-order valence-corrected chi connectivity index (χ4v) is 2.66. The predicted molar refractivity (Wildman–Crippen MR) is 82.3 cm³/mol. The number of hydrogen-bond acceptors (Lipinski definition) is 5. The lowest BCUT2D eigenvalue weighted by atomic mass is 10.2. The van der Waals surface area contributed by atoms with Crippen LogP contribution in [0.25, 0.3) is 10.8 Å². The van der Waals surface area contributed by atoms with Crippen LogP contribution in [-0.4, -0.2) is 29.4 Å². The van der Waals surface area contributed by atoms with E-state index in [1.807, 2.05) is 32.2 Å². The van der Waals surface area contributed by atoms with Crippen LogP contribution in [0.1, 0.15) is 25.8 Å². The molecule has 2 aromatic heterocycles. The summed E-state index contributed by atoms with van der Waals surface area (Å²) in [5.74, 6) is 0. The molecule has 0 saturated heterocycles. The topological polar surface area (TPSA) is 44.2 Å². The van der Waals surface area contributed by atoms with E-state index in [2.05, 4.69) is 9.97 Å². The number of halogens is 1. The highest BCUT2D eigenvalue weighted by molar-refractivity contribution is 7.98. The summed E-state index contributed by atoms with van der Waals surface area (Å²) >= 11 is 7.52. The number of fused-ring (bicyclic) bond motifs is 1. The molecule has 6 heteroatoms.